The molecule has 0 aliphatic heterocycles. The van der Waals surface area contributed by atoms with E-state index in [0.29, 0.717) is 16.5 Å². The maximum absolute atomic E-state index is 11.0. The summed E-state index contributed by atoms with van der Waals surface area (Å²) in [6.07, 6.45) is 0.485. The molecule has 24 heavy (non-hydrogen) atoms. The van der Waals surface area contributed by atoms with Crippen LogP contribution in [0.4, 0.5) is 0 Å². The fourth-order valence-corrected chi connectivity index (χ4v) is 3.23. The minimum Gasteiger partial charge on any atom is -0.481 e. The SMILES string of the molecule is O=C(O)CCc1ccc(-c2ccccc2)n1-c1cc(Cl)cc(Cl)c1. The molecule has 3 rings (SSSR count). The summed E-state index contributed by atoms with van der Waals surface area (Å²) in [7, 11) is 0. The van der Waals surface area contributed by atoms with Gasteiger partial charge in [0, 0.05) is 21.4 Å². The zero-order chi connectivity index (χ0) is 17.1. The lowest BCUT2D eigenvalue weighted by Gasteiger charge is -2.14. The summed E-state index contributed by atoms with van der Waals surface area (Å²) in [6, 6.07) is 19.2. The fourth-order valence-electron chi connectivity index (χ4n) is 2.72. The van der Waals surface area contributed by atoms with Gasteiger partial charge in [-0.05, 0) is 42.3 Å². The van der Waals surface area contributed by atoms with Crippen molar-refractivity contribution < 1.29 is 9.90 Å². The first-order chi connectivity index (χ1) is 11.5. The molecular weight excluding hydrogens is 345 g/mol. The van der Waals surface area contributed by atoms with Crippen molar-refractivity contribution in [2.75, 3.05) is 0 Å². The molecule has 0 fully saturated rings. The lowest BCUT2D eigenvalue weighted by atomic mass is 10.1. The van der Waals surface area contributed by atoms with Crippen LogP contribution in [0.1, 0.15) is 12.1 Å². The molecule has 0 radical (unpaired) electrons. The van der Waals surface area contributed by atoms with Crippen molar-refractivity contribution in [3.8, 4) is 16.9 Å². The molecule has 5 heteroatoms. The van der Waals surface area contributed by atoms with Crippen molar-refractivity contribution in [2.24, 2.45) is 0 Å². The third kappa shape index (κ3) is 3.64. The Kier molecular flexibility index (Phi) is 4.93. The molecule has 1 aromatic heterocycles. The summed E-state index contributed by atoms with van der Waals surface area (Å²) >= 11 is 12.3. The van der Waals surface area contributed by atoms with Crippen LogP contribution in [0, 0.1) is 0 Å². The van der Waals surface area contributed by atoms with Crippen LogP contribution in [0.15, 0.2) is 60.7 Å². The largest absolute Gasteiger partial charge is 0.481 e. The molecule has 0 spiro atoms. The normalized spacial score (nSPS) is 10.8. The van der Waals surface area contributed by atoms with Crippen LogP contribution in [-0.2, 0) is 11.2 Å². The van der Waals surface area contributed by atoms with Crippen molar-refractivity contribution >= 4 is 29.2 Å². The summed E-state index contributed by atoms with van der Waals surface area (Å²) in [4.78, 5) is 11.0. The van der Waals surface area contributed by atoms with E-state index in [2.05, 4.69) is 0 Å². The molecule has 0 amide bonds. The first-order valence-electron chi connectivity index (χ1n) is 7.49. The van der Waals surface area contributed by atoms with Crippen LogP contribution >= 0.6 is 23.2 Å². The van der Waals surface area contributed by atoms with Crippen LogP contribution in [-0.4, -0.2) is 15.6 Å². The number of carboxylic acid groups (broad SMARTS) is 1. The van der Waals surface area contributed by atoms with Gasteiger partial charge in [-0.3, -0.25) is 4.79 Å². The predicted molar refractivity (Wildman–Crippen MR) is 97.2 cm³/mol. The fraction of sp³-hybridized carbons (Fsp3) is 0.105. The Morgan fingerprint density at radius 3 is 2.25 bits per heavy atom. The number of hydrogen-bond donors (Lipinski definition) is 1. The van der Waals surface area contributed by atoms with E-state index < -0.39 is 5.97 Å². The average Bonchev–Trinajstić information content (AvgIpc) is 2.96. The van der Waals surface area contributed by atoms with Gasteiger partial charge in [-0.15, -0.1) is 0 Å². The van der Waals surface area contributed by atoms with Gasteiger partial charge in [0.05, 0.1) is 12.1 Å². The first kappa shape index (κ1) is 16.6. The van der Waals surface area contributed by atoms with E-state index in [9.17, 15) is 4.79 Å². The van der Waals surface area contributed by atoms with Gasteiger partial charge in [-0.2, -0.15) is 0 Å². The Morgan fingerprint density at radius 1 is 0.958 bits per heavy atom. The molecule has 0 atom stereocenters. The number of rotatable bonds is 5. The Morgan fingerprint density at radius 2 is 1.62 bits per heavy atom. The minimum atomic E-state index is -0.826. The highest BCUT2D eigenvalue weighted by atomic mass is 35.5. The van der Waals surface area contributed by atoms with Gasteiger partial charge in [-0.1, -0.05) is 53.5 Å². The topological polar surface area (TPSA) is 42.2 Å². The number of carbonyl (C=O) groups is 1. The highest BCUT2D eigenvalue weighted by Crippen LogP contribution is 2.30. The molecule has 122 valence electrons. The van der Waals surface area contributed by atoms with Gasteiger partial charge in [0.15, 0.2) is 0 Å². The second kappa shape index (κ2) is 7.12. The quantitative estimate of drug-likeness (QED) is 0.656. The highest BCUT2D eigenvalue weighted by Gasteiger charge is 2.14. The number of carboxylic acids is 1. The van der Waals surface area contributed by atoms with E-state index in [1.54, 1.807) is 6.07 Å². The van der Waals surface area contributed by atoms with E-state index in [4.69, 9.17) is 28.3 Å². The van der Waals surface area contributed by atoms with Gasteiger partial charge in [0.25, 0.3) is 0 Å². The summed E-state index contributed by atoms with van der Waals surface area (Å²) in [5.41, 5.74) is 3.72. The lowest BCUT2D eigenvalue weighted by molar-refractivity contribution is -0.136. The van der Waals surface area contributed by atoms with Crippen molar-refractivity contribution in [3.63, 3.8) is 0 Å². The standard InChI is InChI=1S/C19H15Cl2NO2/c20-14-10-15(21)12-17(11-14)22-16(7-9-19(23)24)6-8-18(22)13-4-2-1-3-5-13/h1-6,8,10-12H,7,9H2,(H,23,24). The minimum absolute atomic E-state index is 0.0620. The van der Waals surface area contributed by atoms with Crippen LogP contribution in [0.3, 0.4) is 0 Å². The molecule has 2 aromatic carbocycles. The number of aromatic nitrogens is 1. The Hall–Kier alpha value is -2.23. The molecule has 0 bridgehead atoms. The Balaban J connectivity index is 2.15. The molecule has 1 N–H and O–H groups in total. The third-order valence-corrected chi connectivity index (χ3v) is 4.17. The molecule has 3 nitrogen and oxygen atoms in total. The second-order valence-electron chi connectivity index (χ2n) is 5.43. The second-order valence-corrected chi connectivity index (χ2v) is 6.31. The number of nitrogens with zero attached hydrogens (tertiary/aromatic N) is 1. The maximum atomic E-state index is 11.0. The molecule has 0 saturated heterocycles. The lowest BCUT2D eigenvalue weighted by Crippen LogP contribution is -2.05. The smallest absolute Gasteiger partial charge is 0.303 e. The number of benzene rings is 2. The van der Waals surface area contributed by atoms with E-state index in [0.717, 1.165) is 22.6 Å². The number of aliphatic carboxylic acids is 1. The van der Waals surface area contributed by atoms with Crippen LogP contribution in [0.5, 0.6) is 0 Å². The first-order valence-corrected chi connectivity index (χ1v) is 8.24. The maximum Gasteiger partial charge on any atom is 0.303 e. The van der Waals surface area contributed by atoms with Gasteiger partial charge in [0.1, 0.15) is 0 Å². The Labute approximate surface area is 150 Å². The van der Waals surface area contributed by atoms with E-state index in [1.807, 2.05) is 59.2 Å². The van der Waals surface area contributed by atoms with Gasteiger partial charge in [0.2, 0.25) is 0 Å². The van der Waals surface area contributed by atoms with E-state index >= 15 is 0 Å². The molecular formula is C19H15Cl2NO2. The zero-order valence-electron chi connectivity index (χ0n) is 12.7. The predicted octanol–water partition coefficient (Wildman–Crippen LogP) is 5.47. The molecule has 0 aliphatic carbocycles. The zero-order valence-corrected chi connectivity index (χ0v) is 14.3. The van der Waals surface area contributed by atoms with Gasteiger partial charge < -0.3 is 9.67 Å². The van der Waals surface area contributed by atoms with E-state index in [1.165, 1.54) is 0 Å². The van der Waals surface area contributed by atoms with Crippen molar-refractivity contribution in [2.45, 2.75) is 12.8 Å². The summed E-state index contributed by atoms with van der Waals surface area (Å²) in [5, 5.41) is 10.1. The van der Waals surface area contributed by atoms with E-state index in [-0.39, 0.29) is 6.42 Å². The van der Waals surface area contributed by atoms with Crippen LogP contribution in [0.2, 0.25) is 10.0 Å². The van der Waals surface area contributed by atoms with Crippen LogP contribution < -0.4 is 0 Å². The van der Waals surface area contributed by atoms with Gasteiger partial charge >= 0.3 is 5.97 Å². The highest BCUT2D eigenvalue weighted by molar-refractivity contribution is 6.34. The van der Waals surface area contributed by atoms with Crippen LogP contribution in [0.25, 0.3) is 16.9 Å². The number of hydrogen-bond acceptors (Lipinski definition) is 1. The third-order valence-electron chi connectivity index (χ3n) is 3.73. The average molecular weight is 360 g/mol. The van der Waals surface area contributed by atoms with Crippen molar-refractivity contribution in [3.05, 3.63) is 76.4 Å². The number of halogens is 2. The molecule has 0 unspecified atom stereocenters. The monoisotopic (exact) mass is 359 g/mol. The molecule has 1 heterocycles. The molecule has 0 saturated carbocycles. The summed E-state index contributed by atoms with van der Waals surface area (Å²) < 4.78 is 2.01. The molecule has 3 aromatic rings. The Bertz CT molecular complexity index is 852. The summed E-state index contributed by atoms with van der Waals surface area (Å²) in [5.74, 6) is -0.826. The summed E-state index contributed by atoms with van der Waals surface area (Å²) in [6.45, 7) is 0. The molecule has 0 aliphatic rings. The van der Waals surface area contributed by atoms with Crippen molar-refractivity contribution in [1.29, 1.82) is 0 Å². The van der Waals surface area contributed by atoms with Crippen molar-refractivity contribution in [1.82, 2.24) is 4.57 Å². The van der Waals surface area contributed by atoms with Gasteiger partial charge in [-0.25, -0.2) is 0 Å². The number of aryl methyl sites for hydroxylation is 1.